The highest BCUT2D eigenvalue weighted by Gasteiger charge is 1.87. The molecule has 0 saturated heterocycles. The first-order chi connectivity index (χ1) is 4.93. The molecule has 10 heavy (non-hydrogen) atoms. The summed E-state index contributed by atoms with van der Waals surface area (Å²) in [6.07, 6.45) is 0.785. The molecule has 0 aliphatic rings. The number of para-hydroxylation sites is 1. The summed E-state index contributed by atoms with van der Waals surface area (Å²) in [7, 11) is 0. The summed E-state index contributed by atoms with van der Waals surface area (Å²) in [5.74, 6) is 0. The summed E-state index contributed by atoms with van der Waals surface area (Å²) in [5.41, 5.74) is 0.856. The van der Waals surface area contributed by atoms with Gasteiger partial charge in [-0.05, 0) is 12.1 Å². The maximum atomic E-state index is 9.88. The van der Waals surface area contributed by atoms with Crippen molar-refractivity contribution in [3.05, 3.63) is 30.3 Å². The predicted molar refractivity (Wildman–Crippen MR) is 39.2 cm³/mol. The second kappa shape index (κ2) is 3.67. The summed E-state index contributed by atoms with van der Waals surface area (Å²) in [4.78, 5) is 9.88. The van der Waals surface area contributed by atoms with Gasteiger partial charge in [-0.2, -0.15) is 0 Å². The molecular weight excluding hydrogens is 126 g/mol. The second-order valence-electron chi connectivity index (χ2n) is 1.84. The largest absolute Gasteiger partial charge is 0.301 e. The van der Waals surface area contributed by atoms with Gasteiger partial charge in [0, 0.05) is 0 Å². The van der Waals surface area contributed by atoms with Gasteiger partial charge in [0.25, 0.3) is 0 Å². The lowest BCUT2D eigenvalue weighted by Gasteiger charge is -1.94. The van der Waals surface area contributed by atoms with Crippen molar-refractivity contribution < 1.29 is 4.79 Å². The topological polar surface area (TPSA) is 31.2 Å². The Balaban J connectivity index is 2.50. The van der Waals surface area contributed by atoms with Crippen LogP contribution in [0.5, 0.6) is 0 Å². The summed E-state index contributed by atoms with van der Waals surface area (Å²) in [6, 6.07) is 9.43. The molecule has 0 aromatic heterocycles. The highest BCUT2D eigenvalue weighted by molar-refractivity contribution is 5.54. The molecule has 0 bridgehead atoms. The quantitative estimate of drug-likeness (QED) is 0.570. The van der Waals surface area contributed by atoms with Gasteiger partial charge in [0.05, 0.1) is 12.2 Å². The van der Waals surface area contributed by atoms with Crippen LogP contribution in [-0.2, 0) is 4.79 Å². The van der Waals surface area contributed by atoms with E-state index in [1.54, 1.807) is 0 Å². The molecule has 1 aromatic rings. The Morgan fingerprint density at radius 1 is 1.30 bits per heavy atom. The third-order valence-electron chi connectivity index (χ3n) is 1.10. The Bertz CT molecular complexity index is 196. The van der Waals surface area contributed by atoms with Gasteiger partial charge >= 0.3 is 0 Å². The Labute approximate surface area is 59.9 Å². The number of hydrogen-bond donors (Lipinski definition) is 0. The lowest BCUT2D eigenvalue weighted by Crippen LogP contribution is -1.99. The van der Waals surface area contributed by atoms with E-state index in [-0.39, 0.29) is 6.54 Å². The molecule has 0 N–H and O–H groups in total. The lowest BCUT2D eigenvalue weighted by molar-refractivity contribution is -0.107. The highest BCUT2D eigenvalue weighted by atomic mass is 16.1. The van der Waals surface area contributed by atoms with Gasteiger partial charge in [-0.25, -0.2) is 0 Å². The number of carbonyl (C=O) groups excluding carboxylic acids is 1. The molecule has 0 amide bonds. The number of hydrogen-bond acceptors (Lipinski definition) is 1. The second-order valence-corrected chi connectivity index (χ2v) is 1.84. The third kappa shape index (κ3) is 1.90. The van der Waals surface area contributed by atoms with Crippen LogP contribution in [0.3, 0.4) is 0 Å². The average molecular weight is 134 g/mol. The number of nitrogens with zero attached hydrogens (tertiary/aromatic N) is 1. The van der Waals surface area contributed by atoms with Crippen LogP contribution in [0.1, 0.15) is 0 Å². The smallest absolute Gasteiger partial charge is 0.141 e. The molecule has 1 rings (SSSR count). The van der Waals surface area contributed by atoms with E-state index in [1.165, 1.54) is 0 Å². The minimum absolute atomic E-state index is 0.254. The minimum atomic E-state index is 0.254. The predicted octanol–water partition coefficient (Wildman–Crippen LogP) is 1.12. The van der Waals surface area contributed by atoms with Crippen LogP contribution < -0.4 is 5.32 Å². The van der Waals surface area contributed by atoms with Crippen molar-refractivity contribution in [2.75, 3.05) is 6.54 Å². The maximum absolute atomic E-state index is 9.88. The Kier molecular flexibility index (Phi) is 2.49. The van der Waals surface area contributed by atoms with Crippen LogP contribution in [0.15, 0.2) is 30.3 Å². The van der Waals surface area contributed by atoms with E-state index in [9.17, 15) is 4.79 Å². The van der Waals surface area contributed by atoms with Crippen LogP contribution >= 0.6 is 0 Å². The molecule has 0 unspecified atom stereocenters. The first-order valence-corrected chi connectivity index (χ1v) is 3.09. The van der Waals surface area contributed by atoms with E-state index >= 15 is 0 Å². The van der Waals surface area contributed by atoms with Gasteiger partial charge in [0.2, 0.25) is 0 Å². The minimum Gasteiger partial charge on any atom is -0.301 e. The van der Waals surface area contributed by atoms with Crippen LogP contribution in [-0.4, -0.2) is 12.8 Å². The van der Waals surface area contributed by atoms with Crippen molar-refractivity contribution >= 4 is 12.0 Å². The van der Waals surface area contributed by atoms with Crippen molar-refractivity contribution in [2.24, 2.45) is 0 Å². The summed E-state index contributed by atoms with van der Waals surface area (Å²) in [5, 5.41) is 3.96. The van der Waals surface area contributed by atoms with Gasteiger partial charge in [-0.1, -0.05) is 18.2 Å². The lowest BCUT2D eigenvalue weighted by atomic mass is 10.3. The molecule has 2 heteroatoms. The number of aldehydes is 1. The normalized spacial score (nSPS) is 8.80. The summed E-state index contributed by atoms with van der Waals surface area (Å²) >= 11 is 0. The Hall–Kier alpha value is -1.31. The fourth-order valence-corrected chi connectivity index (χ4v) is 0.676. The van der Waals surface area contributed by atoms with Gasteiger partial charge in [-0.3, -0.25) is 5.32 Å². The van der Waals surface area contributed by atoms with Crippen LogP contribution in [0.25, 0.3) is 0 Å². The van der Waals surface area contributed by atoms with E-state index in [0.29, 0.717) is 0 Å². The zero-order valence-corrected chi connectivity index (χ0v) is 5.53. The van der Waals surface area contributed by atoms with E-state index in [4.69, 9.17) is 0 Å². The first-order valence-electron chi connectivity index (χ1n) is 3.09. The Morgan fingerprint density at radius 2 is 2.00 bits per heavy atom. The maximum Gasteiger partial charge on any atom is 0.141 e. The molecule has 51 valence electrons. The highest BCUT2D eigenvalue weighted by Crippen LogP contribution is 2.03. The number of benzene rings is 1. The fraction of sp³-hybridized carbons (Fsp3) is 0.125. The SMILES string of the molecule is O=CC[N]c1ccccc1. The molecule has 0 aliphatic heterocycles. The molecule has 2 nitrogen and oxygen atoms in total. The number of carbonyl (C=O) groups is 1. The molecule has 0 fully saturated rings. The van der Waals surface area contributed by atoms with E-state index in [0.717, 1.165) is 12.0 Å². The van der Waals surface area contributed by atoms with E-state index in [2.05, 4.69) is 5.32 Å². The van der Waals surface area contributed by atoms with Crippen LogP contribution in [0.4, 0.5) is 5.69 Å². The van der Waals surface area contributed by atoms with Gasteiger partial charge in [-0.15, -0.1) is 0 Å². The average Bonchev–Trinajstić information content (AvgIpc) is 2.03. The standard InChI is InChI=1S/C8H8NO/c10-7-6-9-8-4-2-1-3-5-8/h1-5,7H,6H2. The van der Waals surface area contributed by atoms with Gasteiger partial charge in [0.1, 0.15) is 6.29 Å². The zero-order valence-electron chi connectivity index (χ0n) is 5.53. The molecule has 0 saturated carbocycles. The third-order valence-corrected chi connectivity index (χ3v) is 1.10. The van der Waals surface area contributed by atoms with Gasteiger partial charge < -0.3 is 4.79 Å². The zero-order chi connectivity index (χ0) is 7.23. The monoisotopic (exact) mass is 134 g/mol. The number of rotatable bonds is 3. The van der Waals surface area contributed by atoms with E-state index < -0.39 is 0 Å². The molecule has 0 aliphatic carbocycles. The molecule has 0 spiro atoms. The van der Waals surface area contributed by atoms with E-state index in [1.807, 2.05) is 30.3 Å². The molecule has 1 radical (unpaired) electrons. The van der Waals surface area contributed by atoms with Crippen molar-refractivity contribution in [2.45, 2.75) is 0 Å². The van der Waals surface area contributed by atoms with Crippen molar-refractivity contribution in [1.82, 2.24) is 5.32 Å². The van der Waals surface area contributed by atoms with Crippen molar-refractivity contribution in [3.63, 3.8) is 0 Å². The fourth-order valence-electron chi connectivity index (χ4n) is 0.676. The first kappa shape index (κ1) is 6.81. The van der Waals surface area contributed by atoms with Crippen LogP contribution in [0.2, 0.25) is 0 Å². The summed E-state index contributed by atoms with van der Waals surface area (Å²) < 4.78 is 0. The van der Waals surface area contributed by atoms with Crippen molar-refractivity contribution in [1.29, 1.82) is 0 Å². The van der Waals surface area contributed by atoms with Crippen molar-refractivity contribution in [3.8, 4) is 0 Å². The van der Waals surface area contributed by atoms with Crippen LogP contribution in [0, 0.1) is 0 Å². The molecule has 0 heterocycles. The van der Waals surface area contributed by atoms with Gasteiger partial charge in [0.15, 0.2) is 0 Å². The summed E-state index contributed by atoms with van der Waals surface area (Å²) in [6.45, 7) is 0.254. The molecule has 1 aromatic carbocycles. The molecular formula is C8H8NO. The Morgan fingerprint density at radius 3 is 2.60 bits per heavy atom. The molecule has 0 atom stereocenters.